The van der Waals surface area contributed by atoms with Crippen LogP contribution in [0.5, 0.6) is 0 Å². The number of hydrogen-bond acceptors (Lipinski definition) is 2. The van der Waals surface area contributed by atoms with Crippen molar-refractivity contribution >= 4 is 0 Å². The zero-order valence-corrected chi connectivity index (χ0v) is 7.71. The summed E-state index contributed by atoms with van der Waals surface area (Å²) in [5, 5.41) is 0. The summed E-state index contributed by atoms with van der Waals surface area (Å²) in [5.41, 5.74) is 5.82. The molecule has 0 aromatic heterocycles. The Bertz CT molecular complexity index is 125. The van der Waals surface area contributed by atoms with Crippen LogP contribution in [-0.2, 0) is 4.74 Å². The van der Waals surface area contributed by atoms with Crippen molar-refractivity contribution in [2.75, 3.05) is 0 Å². The van der Waals surface area contributed by atoms with E-state index >= 15 is 0 Å². The molecule has 1 aliphatic rings. The second-order valence-corrected chi connectivity index (χ2v) is 3.86. The van der Waals surface area contributed by atoms with Crippen LogP contribution in [0.25, 0.3) is 0 Å². The third-order valence-electron chi connectivity index (χ3n) is 2.52. The lowest BCUT2D eigenvalue weighted by atomic mass is 9.94. The quantitative estimate of drug-likeness (QED) is 0.626. The van der Waals surface area contributed by atoms with E-state index in [4.69, 9.17) is 10.5 Å². The lowest BCUT2D eigenvalue weighted by Crippen LogP contribution is -2.43. The smallest absolute Gasteiger partial charge is 0.0701 e. The van der Waals surface area contributed by atoms with Crippen molar-refractivity contribution in [3.05, 3.63) is 0 Å². The lowest BCUT2D eigenvalue weighted by Gasteiger charge is -2.34. The number of hydrogen-bond donors (Lipinski definition) is 1. The van der Waals surface area contributed by atoms with E-state index in [2.05, 4.69) is 20.8 Å². The standard InChI is InChI=1S/C9H19NO/c1-6(2)9-5-4-8(10)7(3)11-9/h6-9H,4-5,10H2,1-3H3/t7?,8-,9+/m0/s1. The maximum atomic E-state index is 5.82. The molecule has 0 aliphatic carbocycles. The van der Waals surface area contributed by atoms with E-state index in [0.29, 0.717) is 12.0 Å². The number of rotatable bonds is 1. The maximum absolute atomic E-state index is 5.82. The Hall–Kier alpha value is -0.0800. The van der Waals surface area contributed by atoms with Gasteiger partial charge in [-0.25, -0.2) is 0 Å². The summed E-state index contributed by atoms with van der Waals surface area (Å²) in [5.74, 6) is 0.630. The SMILES string of the molecule is CC1O[C@@H](C(C)C)CC[C@@H]1N. The zero-order valence-electron chi connectivity index (χ0n) is 7.71. The van der Waals surface area contributed by atoms with Gasteiger partial charge in [-0.15, -0.1) is 0 Å². The Kier molecular flexibility index (Phi) is 2.90. The van der Waals surface area contributed by atoms with E-state index < -0.39 is 0 Å². The van der Waals surface area contributed by atoms with E-state index in [1.165, 1.54) is 0 Å². The van der Waals surface area contributed by atoms with Crippen LogP contribution < -0.4 is 5.73 Å². The molecular weight excluding hydrogens is 138 g/mol. The molecule has 0 saturated carbocycles. The molecule has 2 N–H and O–H groups in total. The van der Waals surface area contributed by atoms with Crippen LogP contribution in [0.15, 0.2) is 0 Å². The van der Waals surface area contributed by atoms with Crippen LogP contribution in [-0.4, -0.2) is 18.2 Å². The van der Waals surface area contributed by atoms with Crippen LogP contribution in [0.4, 0.5) is 0 Å². The monoisotopic (exact) mass is 157 g/mol. The molecule has 1 saturated heterocycles. The molecule has 0 aromatic rings. The Morgan fingerprint density at radius 1 is 1.36 bits per heavy atom. The molecular formula is C9H19NO. The summed E-state index contributed by atoms with van der Waals surface area (Å²) < 4.78 is 5.73. The Labute approximate surface area is 69.1 Å². The molecule has 1 rings (SSSR count). The van der Waals surface area contributed by atoms with Crippen molar-refractivity contribution in [2.45, 2.75) is 51.9 Å². The molecule has 3 atom stereocenters. The fraction of sp³-hybridized carbons (Fsp3) is 1.00. The molecule has 0 spiro atoms. The second-order valence-electron chi connectivity index (χ2n) is 3.86. The highest BCUT2D eigenvalue weighted by molar-refractivity contribution is 4.79. The van der Waals surface area contributed by atoms with E-state index in [9.17, 15) is 0 Å². The predicted octanol–water partition coefficient (Wildman–Crippen LogP) is 1.54. The third-order valence-corrected chi connectivity index (χ3v) is 2.52. The topological polar surface area (TPSA) is 35.2 Å². The van der Waals surface area contributed by atoms with Crippen LogP contribution in [0.1, 0.15) is 33.6 Å². The van der Waals surface area contributed by atoms with Crippen LogP contribution in [0, 0.1) is 5.92 Å². The summed E-state index contributed by atoms with van der Waals surface area (Å²) in [7, 11) is 0. The van der Waals surface area contributed by atoms with Crippen molar-refractivity contribution < 1.29 is 4.74 Å². The van der Waals surface area contributed by atoms with Gasteiger partial charge < -0.3 is 10.5 Å². The van der Waals surface area contributed by atoms with Gasteiger partial charge in [0.05, 0.1) is 12.2 Å². The molecule has 66 valence electrons. The fourth-order valence-electron chi connectivity index (χ4n) is 1.53. The van der Waals surface area contributed by atoms with Gasteiger partial charge in [0.15, 0.2) is 0 Å². The number of ether oxygens (including phenoxy) is 1. The normalized spacial score (nSPS) is 39.5. The molecule has 1 unspecified atom stereocenters. The lowest BCUT2D eigenvalue weighted by molar-refractivity contribution is -0.0715. The molecule has 0 aromatic carbocycles. The summed E-state index contributed by atoms with van der Waals surface area (Å²) in [4.78, 5) is 0. The van der Waals surface area contributed by atoms with E-state index in [1.54, 1.807) is 0 Å². The van der Waals surface area contributed by atoms with Gasteiger partial charge in [0.2, 0.25) is 0 Å². The number of nitrogens with two attached hydrogens (primary N) is 1. The minimum absolute atomic E-state index is 0.246. The Balaban J connectivity index is 2.40. The summed E-state index contributed by atoms with van der Waals surface area (Å²) >= 11 is 0. The second kappa shape index (κ2) is 3.55. The van der Waals surface area contributed by atoms with Crippen molar-refractivity contribution in [2.24, 2.45) is 11.7 Å². The first-order valence-electron chi connectivity index (χ1n) is 4.52. The van der Waals surface area contributed by atoms with Gasteiger partial charge in [-0.2, -0.15) is 0 Å². The highest BCUT2D eigenvalue weighted by atomic mass is 16.5. The van der Waals surface area contributed by atoms with Gasteiger partial charge in [0.25, 0.3) is 0 Å². The molecule has 1 aliphatic heterocycles. The van der Waals surface area contributed by atoms with Crippen molar-refractivity contribution in [1.82, 2.24) is 0 Å². The first-order valence-corrected chi connectivity index (χ1v) is 4.52. The molecule has 0 bridgehead atoms. The van der Waals surface area contributed by atoms with E-state index in [0.717, 1.165) is 12.8 Å². The summed E-state index contributed by atoms with van der Waals surface area (Å²) in [6, 6.07) is 0.255. The fourth-order valence-corrected chi connectivity index (χ4v) is 1.53. The van der Waals surface area contributed by atoms with Gasteiger partial charge in [-0.3, -0.25) is 0 Å². The first-order chi connectivity index (χ1) is 5.11. The molecule has 2 nitrogen and oxygen atoms in total. The van der Waals surface area contributed by atoms with Gasteiger partial charge in [0.1, 0.15) is 0 Å². The highest BCUT2D eigenvalue weighted by Gasteiger charge is 2.26. The molecule has 0 radical (unpaired) electrons. The van der Waals surface area contributed by atoms with Crippen molar-refractivity contribution in [1.29, 1.82) is 0 Å². The van der Waals surface area contributed by atoms with Gasteiger partial charge >= 0.3 is 0 Å². The molecule has 11 heavy (non-hydrogen) atoms. The van der Waals surface area contributed by atoms with Crippen LogP contribution >= 0.6 is 0 Å². The van der Waals surface area contributed by atoms with E-state index in [1.807, 2.05) is 0 Å². The largest absolute Gasteiger partial charge is 0.373 e. The van der Waals surface area contributed by atoms with Crippen LogP contribution in [0.3, 0.4) is 0 Å². The average Bonchev–Trinajstić information content (AvgIpc) is 1.94. The van der Waals surface area contributed by atoms with Gasteiger partial charge in [-0.05, 0) is 25.7 Å². The third kappa shape index (κ3) is 2.17. The first kappa shape index (κ1) is 9.01. The molecule has 0 amide bonds. The Morgan fingerprint density at radius 3 is 2.45 bits per heavy atom. The average molecular weight is 157 g/mol. The molecule has 1 heterocycles. The zero-order chi connectivity index (χ0) is 8.43. The highest BCUT2D eigenvalue weighted by Crippen LogP contribution is 2.22. The van der Waals surface area contributed by atoms with E-state index in [-0.39, 0.29) is 12.1 Å². The minimum atomic E-state index is 0.246. The maximum Gasteiger partial charge on any atom is 0.0701 e. The van der Waals surface area contributed by atoms with Crippen molar-refractivity contribution in [3.8, 4) is 0 Å². The minimum Gasteiger partial charge on any atom is -0.373 e. The van der Waals surface area contributed by atoms with Gasteiger partial charge in [0, 0.05) is 6.04 Å². The molecule has 1 fully saturated rings. The summed E-state index contributed by atoms with van der Waals surface area (Å²) in [6.45, 7) is 6.47. The van der Waals surface area contributed by atoms with Crippen molar-refractivity contribution in [3.63, 3.8) is 0 Å². The van der Waals surface area contributed by atoms with Crippen LogP contribution in [0.2, 0.25) is 0 Å². The predicted molar refractivity (Wildman–Crippen MR) is 46.4 cm³/mol. The Morgan fingerprint density at radius 2 is 2.00 bits per heavy atom. The summed E-state index contributed by atoms with van der Waals surface area (Å²) in [6.07, 6.45) is 2.92. The van der Waals surface area contributed by atoms with Gasteiger partial charge in [-0.1, -0.05) is 13.8 Å². The molecule has 2 heteroatoms.